The molecule has 1 aromatic carbocycles. The molecule has 6 aliphatic rings. The Balaban J connectivity index is 1.17. The van der Waals surface area contributed by atoms with Crippen molar-refractivity contribution in [3.63, 3.8) is 0 Å². The molecule has 9 N–H and O–H groups in total. The number of nitrogens with two attached hydrogens (primary N) is 1. The van der Waals surface area contributed by atoms with Gasteiger partial charge in [-0.1, -0.05) is 74.3 Å². The van der Waals surface area contributed by atoms with Crippen LogP contribution >= 0.6 is 0 Å². The Hall–Kier alpha value is -3.94. The van der Waals surface area contributed by atoms with Crippen molar-refractivity contribution in [1.29, 1.82) is 0 Å². The van der Waals surface area contributed by atoms with Crippen molar-refractivity contribution in [2.24, 2.45) is 35.3 Å². The second-order valence-electron chi connectivity index (χ2n) is 17.1. The molecule has 9 heteroatoms. The third-order valence-corrected chi connectivity index (χ3v) is 13.9. The zero-order valence-corrected chi connectivity index (χ0v) is 32.0. The van der Waals surface area contributed by atoms with Gasteiger partial charge in [0, 0.05) is 59.4 Å². The number of rotatable bonds is 7. The van der Waals surface area contributed by atoms with Crippen LogP contribution in [0.3, 0.4) is 0 Å². The van der Waals surface area contributed by atoms with Gasteiger partial charge >= 0.3 is 0 Å². The van der Waals surface area contributed by atoms with Gasteiger partial charge < -0.3 is 46.3 Å². The Morgan fingerprint density at radius 1 is 1.00 bits per heavy atom. The molecule has 0 spiro atoms. The number of aromatic nitrogens is 1. The van der Waals surface area contributed by atoms with Crippen molar-refractivity contribution in [3.8, 4) is 23.3 Å². The molecule has 0 radical (unpaired) electrons. The largest absolute Gasteiger partial charge is 0.504 e. The highest BCUT2D eigenvalue weighted by Crippen LogP contribution is 2.55. The van der Waals surface area contributed by atoms with Crippen LogP contribution < -0.4 is 15.8 Å². The van der Waals surface area contributed by atoms with Crippen molar-refractivity contribution < 1.29 is 30.3 Å². The van der Waals surface area contributed by atoms with Crippen LogP contribution in [-0.4, -0.2) is 67.6 Å². The summed E-state index contributed by atoms with van der Waals surface area (Å²) < 4.78 is 6.84. The Bertz CT molecular complexity index is 1880. The van der Waals surface area contributed by atoms with E-state index < -0.39 is 30.5 Å². The lowest BCUT2D eigenvalue weighted by atomic mass is 9.60. The van der Waals surface area contributed by atoms with Gasteiger partial charge in [-0.05, 0) is 98.4 Å². The molecule has 8 rings (SSSR count). The summed E-state index contributed by atoms with van der Waals surface area (Å²) in [6.45, 7) is 2.76. The number of aryl methyl sites for hydroxylation is 1. The van der Waals surface area contributed by atoms with Crippen LogP contribution in [0.5, 0.6) is 11.5 Å². The van der Waals surface area contributed by atoms with E-state index in [0.29, 0.717) is 31.1 Å². The lowest BCUT2D eigenvalue weighted by Gasteiger charge is -2.47. The minimum atomic E-state index is -1.26. The predicted molar refractivity (Wildman–Crippen MR) is 213 cm³/mol. The first-order valence-corrected chi connectivity index (χ1v) is 20.9. The van der Waals surface area contributed by atoms with Gasteiger partial charge in [-0.15, -0.1) is 0 Å². The number of allylic oxidation sites excluding steroid dienone is 4. The van der Waals surface area contributed by atoms with Gasteiger partial charge in [0.1, 0.15) is 18.3 Å². The summed E-state index contributed by atoms with van der Waals surface area (Å²) >= 11 is 0. The monoisotopic (exact) mass is 749 g/mol. The third kappa shape index (κ3) is 7.28. The van der Waals surface area contributed by atoms with E-state index in [1.807, 2.05) is 30.5 Å². The van der Waals surface area contributed by atoms with Crippen LogP contribution in [0.25, 0.3) is 0 Å². The number of nitrogens with one attached hydrogen (secondary N) is 2. The summed E-state index contributed by atoms with van der Waals surface area (Å²) in [5.41, 5.74) is 11.5. The average Bonchev–Trinajstić information content (AvgIpc) is 3.87. The Morgan fingerprint density at radius 3 is 2.58 bits per heavy atom. The summed E-state index contributed by atoms with van der Waals surface area (Å²) in [7, 11) is 0. The minimum Gasteiger partial charge on any atom is -0.504 e. The maximum absolute atomic E-state index is 11.9. The van der Waals surface area contributed by atoms with Crippen molar-refractivity contribution in [2.45, 2.75) is 126 Å². The minimum absolute atomic E-state index is 0.0156. The summed E-state index contributed by atoms with van der Waals surface area (Å²) in [6, 6.07) is 7.86. The number of ether oxygens (including phenoxy) is 1. The van der Waals surface area contributed by atoms with Crippen molar-refractivity contribution >= 4 is 0 Å². The van der Waals surface area contributed by atoms with E-state index in [0.717, 1.165) is 86.6 Å². The molecule has 1 fully saturated rings. The Labute approximate surface area is 325 Å². The Morgan fingerprint density at radius 2 is 1.82 bits per heavy atom. The lowest BCUT2D eigenvalue weighted by Crippen LogP contribution is -2.53. The molecule has 294 valence electrons. The molecule has 5 aliphatic carbocycles. The standard InChI is InChI=1S/C46H59N3O6/c1-2-27-8-3-4-9-35(50)42-30(12-11-27)22-28-13-14-29-23-37(52)39(26-34(29)33(28)25-38(42)53)55-45-32(15-16-36(51)44(45)54)43(31-17-21-49-41(47)24-31)46(18-5-6-19-46)40-10-7-20-48-40/h7,10,15-17,20,22-24,26-27,30,32-33,35-36,38,42-45,48-54H,2-6,8-9,13-14,18-19,21,25,47H2,1H3/t27-,30+,32-,33-,35+,36+,38-,42-,43+,44+,45-/m1/s1. The molecule has 0 bridgehead atoms. The highest BCUT2D eigenvalue weighted by molar-refractivity contribution is 5.53. The number of phenolic OH excluding ortho intramolecular Hbond substituents is 1. The summed E-state index contributed by atoms with van der Waals surface area (Å²) in [4.78, 5) is 3.53. The first kappa shape index (κ1) is 38.0. The van der Waals surface area contributed by atoms with Gasteiger partial charge in [0.2, 0.25) is 0 Å². The highest BCUT2D eigenvalue weighted by Gasteiger charge is 2.52. The normalized spacial score (nSPS) is 34.8. The van der Waals surface area contributed by atoms with Gasteiger partial charge in [-0.25, -0.2) is 0 Å². The molecule has 11 atom stereocenters. The van der Waals surface area contributed by atoms with E-state index >= 15 is 0 Å². The molecule has 2 heterocycles. The van der Waals surface area contributed by atoms with Gasteiger partial charge in [0.25, 0.3) is 0 Å². The molecule has 55 heavy (non-hydrogen) atoms. The molecule has 1 aromatic heterocycles. The maximum atomic E-state index is 11.9. The third-order valence-electron chi connectivity index (χ3n) is 13.9. The van der Waals surface area contributed by atoms with E-state index in [2.05, 4.69) is 47.3 Å². The number of H-pyrrole nitrogens is 1. The molecule has 0 amide bonds. The van der Waals surface area contributed by atoms with E-state index in [-0.39, 0.29) is 46.5 Å². The van der Waals surface area contributed by atoms with Gasteiger partial charge in [-0.2, -0.15) is 0 Å². The molecule has 0 saturated heterocycles. The van der Waals surface area contributed by atoms with E-state index in [9.17, 15) is 25.5 Å². The predicted octanol–water partition coefficient (Wildman–Crippen LogP) is 5.75. The molecular formula is C46H59N3O6. The van der Waals surface area contributed by atoms with Crippen LogP contribution in [0, 0.1) is 41.4 Å². The fourth-order valence-corrected chi connectivity index (χ4v) is 11.1. The molecule has 1 aliphatic heterocycles. The maximum Gasteiger partial charge on any atom is 0.161 e. The first-order chi connectivity index (χ1) is 26.7. The van der Waals surface area contributed by atoms with E-state index in [1.165, 1.54) is 5.57 Å². The summed E-state index contributed by atoms with van der Waals surface area (Å²) in [6.07, 6.45) is 17.9. The van der Waals surface area contributed by atoms with Crippen LogP contribution in [0.1, 0.15) is 100 Å². The number of benzene rings is 1. The molecule has 1 saturated carbocycles. The Kier molecular flexibility index (Phi) is 11.0. The van der Waals surface area contributed by atoms with Crippen LogP contribution in [0.4, 0.5) is 0 Å². The second-order valence-corrected chi connectivity index (χ2v) is 17.1. The zero-order chi connectivity index (χ0) is 38.3. The SMILES string of the molecule is CC[C@H]1C#C[C@H]2C=C3CCc4cc(O)c(O[C@H]5[C@@H](O)[C@@H](O)C=C[C@@H]5[C@H](C5=CCNC(N)=C5)C5(c6ccc[nH]6)CCCC5)cc4[C@@H]3C[C@@H](O)[C@H]2[C@@H](O)CCCC1. The van der Waals surface area contributed by atoms with E-state index in [1.54, 1.807) is 12.1 Å². The topological polar surface area (TPSA) is 164 Å². The molecule has 9 nitrogen and oxygen atoms in total. The number of phenols is 1. The number of fused-ring (bicyclic) bond motifs is 4. The number of aliphatic hydroxyl groups excluding tert-OH is 4. The van der Waals surface area contributed by atoms with Gasteiger partial charge in [0.05, 0.1) is 18.0 Å². The summed E-state index contributed by atoms with van der Waals surface area (Å²) in [5.74, 6) is 6.88. The van der Waals surface area contributed by atoms with Crippen molar-refractivity contribution in [2.75, 3.05) is 6.54 Å². The fraction of sp³-hybridized carbons (Fsp3) is 0.565. The van der Waals surface area contributed by atoms with Crippen molar-refractivity contribution in [3.05, 3.63) is 94.6 Å². The van der Waals surface area contributed by atoms with E-state index in [4.69, 9.17) is 10.5 Å². The number of aromatic hydroxyl groups is 1. The number of dihydropyridines is 1. The number of aliphatic hydroxyl groups is 4. The fourth-order valence-electron chi connectivity index (χ4n) is 11.1. The van der Waals surface area contributed by atoms with Crippen LogP contribution in [0.2, 0.25) is 0 Å². The number of aromatic amines is 1. The lowest BCUT2D eigenvalue weighted by molar-refractivity contribution is -0.0666. The van der Waals surface area contributed by atoms with Gasteiger partial charge in [-0.3, -0.25) is 0 Å². The number of hydrogen-bond acceptors (Lipinski definition) is 8. The molecule has 2 aromatic rings. The smallest absolute Gasteiger partial charge is 0.161 e. The highest BCUT2D eigenvalue weighted by atomic mass is 16.5. The molecular weight excluding hydrogens is 691 g/mol. The van der Waals surface area contributed by atoms with Gasteiger partial charge in [0.15, 0.2) is 11.5 Å². The quantitative estimate of drug-likeness (QED) is 0.131. The zero-order valence-electron chi connectivity index (χ0n) is 32.0. The van der Waals surface area contributed by atoms with Crippen molar-refractivity contribution in [1.82, 2.24) is 10.3 Å². The number of hydrogen-bond donors (Lipinski definition) is 8. The van der Waals surface area contributed by atoms with Crippen LogP contribution in [-0.2, 0) is 11.8 Å². The van der Waals surface area contributed by atoms with Crippen LogP contribution in [0.15, 0.2) is 77.8 Å². The summed E-state index contributed by atoms with van der Waals surface area (Å²) in [5, 5.41) is 61.0. The average molecular weight is 750 g/mol. The second kappa shape index (κ2) is 15.9. The first-order valence-electron chi connectivity index (χ1n) is 20.9. The molecule has 0 unspecified atom stereocenters.